The van der Waals surface area contributed by atoms with E-state index in [1.165, 1.54) is 31.3 Å². The summed E-state index contributed by atoms with van der Waals surface area (Å²) < 4.78 is 40.7. The first-order valence-corrected chi connectivity index (χ1v) is 10.7. The number of cyclic esters (lactones) is 1. The number of rotatable bonds is 7. The van der Waals surface area contributed by atoms with E-state index in [0.717, 1.165) is 11.8 Å². The average Bonchev–Trinajstić information content (AvgIpc) is 3.08. The second kappa shape index (κ2) is 8.57. The smallest absolute Gasteiger partial charge is 0.410 e. The molecule has 2 amide bonds. The van der Waals surface area contributed by atoms with Crippen LogP contribution in [0.15, 0.2) is 42.5 Å². The fourth-order valence-corrected chi connectivity index (χ4v) is 4.04. The number of carbonyl (C=O) groups excluding carboxylic acids is 2. The molecule has 30 heavy (non-hydrogen) atoms. The Kier molecular flexibility index (Phi) is 6.11. The molecule has 2 heterocycles. The molecule has 1 aliphatic heterocycles. The van der Waals surface area contributed by atoms with Crippen molar-refractivity contribution >= 4 is 27.7 Å². The number of nitrogens with zero attached hydrogens (tertiary/aromatic N) is 3. The summed E-state index contributed by atoms with van der Waals surface area (Å²) in [6.45, 7) is -0.455. The van der Waals surface area contributed by atoms with Crippen LogP contribution in [0.4, 0.5) is 10.5 Å². The van der Waals surface area contributed by atoms with Crippen LogP contribution in [0.25, 0.3) is 0 Å². The molecule has 1 saturated heterocycles. The maximum absolute atomic E-state index is 13.1. The molecule has 1 fully saturated rings. The molecular formula is C19H21N3O7S. The monoisotopic (exact) mass is 435 g/mol. The van der Waals surface area contributed by atoms with Crippen molar-refractivity contribution < 1.29 is 32.2 Å². The molecule has 10 nitrogen and oxygen atoms in total. The van der Waals surface area contributed by atoms with Gasteiger partial charge in [-0.15, -0.1) is 0 Å². The molecule has 0 saturated carbocycles. The largest absolute Gasteiger partial charge is 0.481 e. The number of hydrogen-bond acceptors (Lipinski definition) is 8. The van der Waals surface area contributed by atoms with Gasteiger partial charge in [-0.1, -0.05) is 30.3 Å². The summed E-state index contributed by atoms with van der Waals surface area (Å²) in [7, 11) is -1.38. The highest BCUT2D eigenvalue weighted by molar-refractivity contribution is 7.92. The molecule has 1 atom stereocenters. The number of methoxy groups -OCH3 is 2. The molecule has 2 aromatic rings. The normalized spacial score (nSPS) is 16.2. The summed E-state index contributed by atoms with van der Waals surface area (Å²) in [4.78, 5) is 30.5. The molecule has 1 unspecified atom stereocenters. The van der Waals surface area contributed by atoms with Crippen LogP contribution in [-0.2, 0) is 19.6 Å². The fraction of sp³-hybridized carbons (Fsp3) is 0.316. The summed E-state index contributed by atoms with van der Waals surface area (Å²) in [6.07, 6.45) is 0.177. The van der Waals surface area contributed by atoms with Crippen LogP contribution < -0.4 is 13.8 Å². The second-order valence-electron chi connectivity index (χ2n) is 6.43. The maximum Gasteiger partial charge on any atom is 0.410 e. The van der Waals surface area contributed by atoms with Crippen molar-refractivity contribution in [2.45, 2.75) is 6.04 Å². The molecule has 1 aliphatic rings. The lowest BCUT2D eigenvalue weighted by molar-refractivity contribution is -0.118. The fourth-order valence-electron chi connectivity index (χ4n) is 3.12. The van der Waals surface area contributed by atoms with Crippen LogP contribution >= 0.6 is 0 Å². The van der Waals surface area contributed by atoms with Gasteiger partial charge in [0.15, 0.2) is 0 Å². The van der Waals surface area contributed by atoms with Gasteiger partial charge in [0.05, 0.1) is 26.5 Å². The Balaban J connectivity index is 1.94. The van der Waals surface area contributed by atoms with Crippen molar-refractivity contribution in [1.29, 1.82) is 0 Å². The number of pyridine rings is 1. The van der Waals surface area contributed by atoms with E-state index in [1.807, 2.05) is 6.07 Å². The van der Waals surface area contributed by atoms with E-state index in [4.69, 9.17) is 14.2 Å². The molecule has 0 bridgehead atoms. The third-order valence-electron chi connectivity index (χ3n) is 4.46. The number of ether oxygens (including phenoxy) is 3. The molecule has 1 aromatic heterocycles. The molecule has 160 valence electrons. The van der Waals surface area contributed by atoms with Gasteiger partial charge in [0.2, 0.25) is 21.8 Å². The van der Waals surface area contributed by atoms with Gasteiger partial charge in [-0.25, -0.2) is 13.2 Å². The Morgan fingerprint density at radius 2 is 1.90 bits per heavy atom. The van der Waals surface area contributed by atoms with Gasteiger partial charge in [-0.3, -0.25) is 9.69 Å². The minimum atomic E-state index is -4.07. The lowest BCUT2D eigenvalue weighted by atomic mass is 10.1. The number of hydrogen-bond donors (Lipinski definition) is 0. The van der Waals surface area contributed by atoms with E-state index >= 15 is 0 Å². The van der Waals surface area contributed by atoms with E-state index in [2.05, 4.69) is 4.98 Å². The standard InChI is InChI=1S/C19H21N3O7S/c1-27-16-10-9-14(18(20-16)28-2)22(30(3,25)26)17(23)11-21-15(12-29-19(21)24)13-7-5-4-6-8-13/h4-10,15H,11-12H2,1-3H3. The molecule has 11 heteroatoms. The van der Waals surface area contributed by atoms with Crippen LogP contribution in [0, 0.1) is 0 Å². The summed E-state index contributed by atoms with van der Waals surface area (Å²) >= 11 is 0. The molecule has 1 aromatic carbocycles. The SMILES string of the molecule is COc1ccc(N(C(=O)CN2C(=O)OCC2c2ccccc2)S(C)(=O)=O)c(OC)n1. The summed E-state index contributed by atoms with van der Waals surface area (Å²) in [5.41, 5.74) is 0.681. The van der Waals surface area contributed by atoms with Crippen molar-refractivity contribution in [3.8, 4) is 11.8 Å². The molecule has 0 aliphatic carbocycles. The van der Waals surface area contributed by atoms with Gasteiger partial charge in [0, 0.05) is 6.07 Å². The molecule has 0 spiro atoms. The van der Waals surface area contributed by atoms with Crippen molar-refractivity contribution in [2.24, 2.45) is 0 Å². The first-order valence-electron chi connectivity index (χ1n) is 8.86. The van der Waals surface area contributed by atoms with Crippen LogP contribution in [-0.4, -0.2) is 63.9 Å². The second-order valence-corrected chi connectivity index (χ2v) is 8.27. The van der Waals surface area contributed by atoms with Crippen molar-refractivity contribution in [1.82, 2.24) is 9.88 Å². The van der Waals surface area contributed by atoms with Crippen molar-refractivity contribution in [3.05, 3.63) is 48.0 Å². The van der Waals surface area contributed by atoms with Crippen LogP contribution in [0.3, 0.4) is 0 Å². The minimum absolute atomic E-state index is 0.0580. The molecule has 0 N–H and O–H groups in total. The lowest BCUT2D eigenvalue weighted by Gasteiger charge is -2.26. The quantitative estimate of drug-likeness (QED) is 0.644. The number of aromatic nitrogens is 1. The number of amides is 2. The zero-order chi connectivity index (χ0) is 21.9. The first-order chi connectivity index (χ1) is 14.3. The van der Waals surface area contributed by atoms with Gasteiger partial charge in [0.25, 0.3) is 5.91 Å². The number of carbonyl (C=O) groups is 2. The zero-order valence-corrected chi connectivity index (χ0v) is 17.5. The van der Waals surface area contributed by atoms with Gasteiger partial charge >= 0.3 is 6.09 Å². The zero-order valence-electron chi connectivity index (χ0n) is 16.6. The highest BCUT2D eigenvalue weighted by atomic mass is 32.2. The predicted octanol–water partition coefficient (Wildman–Crippen LogP) is 1.58. The maximum atomic E-state index is 13.1. The average molecular weight is 435 g/mol. The number of sulfonamides is 1. The molecule has 0 radical (unpaired) electrons. The highest BCUT2D eigenvalue weighted by Gasteiger charge is 2.38. The first kappa shape index (κ1) is 21.4. The Morgan fingerprint density at radius 3 is 2.50 bits per heavy atom. The Labute approximate surface area is 174 Å². The number of benzene rings is 1. The van der Waals surface area contributed by atoms with E-state index < -0.39 is 34.6 Å². The van der Waals surface area contributed by atoms with Crippen LogP contribution in [0.2, 0.25) is 0 Å². The summed E-state index contributed by atoms with van der Waals surface area (Å²) in [5, 5.41) is 0. The number of anilines is 1. The molecular weight excluding hydrogens is 414 g/mol. The Hall–Kier alpha value is -3.34. The van der Waals surface area contributed by atoms with Crippen LogP contribution in [0.1, 0.15) is 11.6 Å². The van der Waals surface area contributed by atoms with E-state index in [9.17, 15) is 18.0 Å². The minimum Gasteiger partial charge on any atom is -0.481 e. The van der Waals surface area contributed by atoms with Crippen LogP contribution in [0.5, 0.6) is 11.8 Å². The van der Waals surface area contributed by atoms with Crippen molar-refractivity contribution in [3.63, 3.8) is 0 Å². The Morgan fingerprint density at radius 1 is 1.20 bits per heavy atom. The van der Waals surface area contributed by atoms with Gasteiger partial charge < -0.3 is 14.2 Å². The van der Waals surface area contributed by atoms with Gasteiger partial charge in [0.1, 0.15) is 18.8 Å². The third kappa shape index (κ3) is 4.30. The van der Waals surface area contributed by atoms with Crippen molar-refractivity contribution in [2.75, 3.05) is 37.9 Å². The lowest BCUT2D eigenvalue weighted by Crippen LogP contribution is -2.44. The summed E-state index contributed by atoms with van der Waals surface area (Å²) in [6, 6.07) is 11.3. The van der Waals surface area contributed by atoms with Gasteiger partial charge in [-0.05, 0) is 11.6 Å². The third-order valence-corrected chi connectivity index (χ3v) is 5.52. The Bertz CT molecular complexity index is 1040. The van der Waals surface area contributed by atoms with E-state index in [-0.39, 0.29) is 24.1 Å². The summed E-state index contributed by atoms with van der Waals surface area (Å²) in [5.74, 6) is -0.789. The molecule has 3 rings (SSSR count). The highest BCUT2D eigenvalue weighted by Crippen LogP contribution is 2.32. The van der Waals surface area contributed by atoms with E-state index in [1.54, 1.807) is 24.3 Å². The topological polar surface area (TPSA) is 115 Å². The van der Waals surface area contributed by atoms with E-state index in [0.29, 0.717) is 4.31 Å². The predicted molar refractivity (Wildman–Crippen MR) is 107 cm³/mol. The van der Waals surface area contributed by atoms with Gasteiger partial charge in [-0.2, -0.15) is 9.29 Å².